The molecule has 0 atom stereocenters. The van der Waals surface area contributed by atoms with E-state index in [4.69, 9.17) is 0 Å². The highest BCUT2D eigenvalue weighted by Gasteiger charge is 2.39. The molecular formula is C10H17BF3-. The van der Waals surface area contributed by atoms with Gasteiger partial charge in [0, 0.05) is 0 Å². The Morgan fingerprint density at radius 3 is 2.00 bits per heavy atom. The normalized spacial score (nSPS) is 25.8. The molecule has 1 aliphatic carbocycles. The summed E-state index contributed by atoms with van der Waals surface area (Å²) in [6, 6.07) is 0. The monoisotopic (exact) mass is 205 g/mol. The maximum atomic E-state index is 12.6. The van der Waals surface area contributed by atoms with E-state index in [2.05, 4.69) is 0 Å². The van der Waals surface area contributed by atoms with Crippen LogP contribution >= 0.6 is 0 Å². The average Bonchev–Trinajstić information content (AvgIpc) is 1.76. The van der Waals surface area contributed by atoms with Crippen LogP contribution in [-0.4, -0.2) is 6.98 Å². The molecule has 0 aromatic carbocycles. The minimum atomic E-state index is -4.79. The van der Waals surface area contributed by atoms with Crippen molar-refractivity contribution < 1.29 is 12.9 Å². The van der Waals surface area contributed by atoms with Crippen molar-refractivity contribution in [3.05, 3.63) is 11.5 Å². The first kappa shape index (κ1) is 11.7. The Hall–Kier alpha value is -0.405. The van der Waals surface area contributed by atoms with Crippen molar-refractivity contribution in [3.63, 3.8) is 0 Å². The molecule has 0 unspecified atom stereocenters. The number of halogens is 3. The highest BCUT2D eigenvalue weighted by atomic mass is 19.4. The Morgan fingerprint density at radius 1 is 1.14 bits per heavy atom. The fourth-order valence-electron chi connectivity index (χ4n) is 2.66. The summed E-state index contributed by atoms with van der Waals surface area (Å²) in [7, 11) is 0. The Labute approximate surface area is 83.6 Å². The smallest absolute Gasteiger partial charge is 0.445 e. The average molecular weight is 205 g/mol. The molecule has 0 saturated carbocycles. The molecule has 1 rings (SSSR count). The van der Waals surface area contributed by atoms with Gasteiger partial charge in [-0.2, -0.15) is 0 Å². The molecule has 0 nitrogen and oxygen atoms in total. The van der Waals surface area contributed by atoms with Gasteiger partial charge in [0.05, 0.1) is 0 Å². The molecule has 1 aliphatic rings. The fraction of sp³-hybridized carbons (Fsp3) is 0.800. The maximum absolute atomic E-state index is 12.6. The van der Waals surface area contributed by atoms with Gasteiger partial charge in [-0.3, -0.25) is 0 Å². The largest absolute Gasteiger partial charge is 0.505 e. The number of allylic oxidation sites excluding steroid dienone is 2. The van der Waals surface area contributed by atoms with Crippen LogP contribution in [0.2, 0.25) is 0 Å². The van der Waals surface area contributed by atoms with Gasteiger partial charge in [-0.25, -0.2) is 0 Å². The van der Waals surface area contributed by atoms with Gasteiger partial charge in [0.15, 0.2) is 0 Å². The molecule has 0 bridgehead atoms. The zero-order valence-electron chi connectivity index (χ0n) is 9.20. The third-order valence-corrected chi connectivity index (χ3v) is 2.61. The fourth-order valence-corrected chi connectivity index (χ4v) is 2.66. The molecule has 82 valence electrons. The van der Waals surface area contributed by atoms with Crippen molar-refractivity contribution in [1.82, 2.24) is 0 Å². The lowest BCUT2D eigenvalue weighted by Crippen LogP contribution is -2.34. The third-order valence-electron chi connectivity index (χ3n) is 2.61. The summed E-state index contributed by atoms with van der Waals surface area (Å²) in [6.07, 6.45) is 2.40. The van der Waals surface area contributed by atoms with Crippen LogP contribution in [0.25, 0.3) is 0 Å². The van der Waals surface area contributed by atoms with Gasteiger partial charge >= 0.3 is 6.98 Å². The Morgan fingerprint density at radius 2 is 1.64 bits per heavy atom. The predicted octanol–water partition coefficient (Wildman–Crippen LogP) is 4.15. The van der Waals surface area contributed by atoms with E-state index >= 15 is 0 Å². The molecule has 0 N–H and O–H groups in total. The van der Waals surface area contributed by atoms with Crippen molar-refractivity contribution in [3.8, 4) is 0 Å². The molecule has 0 fully saturated rings. The first-order valence-electron chi connectivity index (χ1n) is 4.93. The van der Waals surface area contributed by atoms with Crippen LogP contribution in [0.5, 0.6) is 0 Å². The first-order valence-corrected chi connectivity index (χ1v) is 4.93. The zero-order chi connectivity index (χ0) is 11.2. The number of hydrogen-bond donors (Lipinski definition) is 0. The van der Waals surface area contributed by atoms with Crippen LogP contribution in [-0.2, 0) is 0 Å². The van der Waals surface area contributed by atoms with Crippen LogP contribution in [0.3, 0.4) is 0 Å². The Balaban J connectivity index is 3.03. The molecule has 0 aliphatic heterocycles. The first-order chi connectivity index (χ1) is 6.02. The number of rotatable bonds is 1. The highest BCUT2D eigenvalue weighted by molar-refractivity contribution is 6.66. The van der Waals surface area contributed by atoms with Crippen LogP contribution in [0, 0.1) is 10.8 Å². The quantitative estimate of drug-likeness (QED) is 0.564. The standard InChI is InChI=1S/C10H17BF3/c1-9(2)5-8(11(12,13)14)6-10(3,4)7-9/h5H,6-7H2,1-4H3/q-1. The van der Waals surface area contributed by atoms with Crippen molar-refractivity contribution in [2.24, 2.45) is 10.8 Å². The van der Waals surface area contributed by atoms with Gasteiger partial charge in [0.25, 0.3) is 0 Å². The molecule has 0 saturated heterocycles. The summed E-state index contributed by atoms with van der Waals surface area (Å²) >= 11 is 0. The summed E-state index contributed by atoms with van der Waals surface area (Å²) in [6.45, 7) is 2.76. The molecule has 4 heteroatoms. The van der Waals surface area contributed by atoms with Gasteiger partial charge < -0.3 is 12.9 Å². The van der Waals surface area contributed by atoms with E-state index in [1.807, 2.05) is 27.7 Å². The molecule has 0 amide bonds. The van der Waals surface area contributed by atoms with Crippen LogP contribution in [0.15, 0.2) is 11.5 Å². The summed E-state index contributed by atoms with van der Waals surface area (Å²) < 4.78 is 37.9. The second-order valence-electron chi connectivity index (χ2n) is 5.80. The topological polar surface area (TPSA) is 0 Å². The van der Waals surface area contributed by atoms with Crippen molar-refractivity contribution in [2.45, 2.75) is 40.5 Å². The Bertz CT molecular complexity index is 261. The molecule has 0 aromatic heterocycles. The van der Waals surface area contributed by atoms with Gasteiger partial charge in [-0.1, -0.05) is 34.1 Å². The van der Waals surface area contributed by atoms with E-state index in [-0.39, 0.29) is 22.7 Å². The van der Waals surface area contributed by atoms with E-state index in [1.54, 1.807) is 0 Å². The van der Waals surface area contributed by atoms with Crippen molar-refractivity contribution in [1.29, 1.82) is 0 Å². The number of hydrogen-bond acceptors (Lipinski definition) is 0. The summed E-state index contributed by atoms with van der Waals surface area (Å²) in [5.74, 6) is 0. The lowest BCUT2D eigenvalue weighted by molar-refractivity contribution is 0.214. The van der Waals surface area contributed by atoms with Gasteiger partial charge in [0.1, 0.15) is 0 Å². The zero-order valence-corrected chi connectivity index (χ0v) is 9.20. The molecule has 0 heterocycles. The third kappa shape index (κ3) is 2.79. The summed E-state index contributed by atoms with van der Waals surface area (Å²) in [5.41, 5.74) is -0.856. The second-order valence-corrected chi connectivity index (χ2v) is 5.80. The molecular weight excluding hydrogens is 188 g/mol. The molecule has 0 spiro atoms. The van der Waals surface area contributed by atoms with Gasteiger partial charge in [0.2, 0.25) is 0 Å². The van der Waals surface area contributed by atoms with Crippen LogP contribution < -0.4 is 0 Å². The van der Waals surface area contributed by atoms with E-state index in [0.29, 0.717) is 0 Å². The second kappa shape index (κ2) is 3.04. The van der Waals surface area contributed by atoms with Gasteiger partial charge in [-0.15, -0.1) is 11.5 Å². The lowest BCUT2D eigenvalue weighted by atomic mass is 9.59. The van der Waals surface area contributed by atoms with Crippen molar-refractivity contribution in [2.75, 3.05) is 0 Å². The molecule has 0 radical (unpaired) electrons. The van der Waals surface area contributed by atoms with Crippen LogP contribution in [0.1, 0.15) is 40.5 Å². The summed E-state index contributed by atoms with van der Waals surface area (Å²) in [4.78, 5) is 0. The maximum Gasteiger partial charge on any atom is 0.505 e. The SMILES string of the molecule is CC1(C)C=C([B-](F)(F)F)CC(C)(C)C1. The van der Waals surface area contributed by atoms with Crippen LogP contribution in [0.4, 0.5) is 12.9 Å². The molecule has 0 aromatic rings. The Kier molecular flexibility index (Phi) is 2.54. The molecule has 14 heavy (non-hydrogen) atoms. The van der Waals surface area contributed by atoms with E-state index in [9.17, 15) is 12.9 Å². The van der Waals surface area contributed by atoms with Gasteiger partial charge in [-0.05, 0) is 17.3 Å². The summed E-state index contributed by atoms with van der Waals surface area (Å²) in [5, 5.41) is 0. The highest BCUT2D eigenvalue weighted by Crippen LogP contribution is 2.47. The lowest BCUT2D eigenvalue weighted by Gasteiger charge is -2.42. The minimum Gasteiger partial charge on any atom is -0.445 e. The minimum absolute atomic E-state index is 0.167. The van der Waals surface area contributed by atoms with Crippen molar-refractivity contribution >= 4 is 6.98 Å². The van der Waals surface area contributed by atoms with E-state index in [0.717, 1.165) is 6.42 Å². The predicted molar refractivity (Wildman–Crippen MR) is 54.0 cm³/mol. The van der Waals surface area contributed by atoms with E-state index < -0.39 is 6.98 Å². The van der Waals surface area contributed by atoms with E-state index in [1.165, 1.54) is 6.08 Å².